The number of ether oxygens (including phenoxy) is 3. The fourth-order valence-corrected chi connectivity index (χ4v) is 2.53. The molecule has 0 aliphatic carbocycles. The van der Waals surface area contributed by atoms with Crippen molar-refractivity contribution < 1.29 is 19.0 Å². The molecule has 0 unspecified atom stereocenters. The standard InChI is InChI=1S/C18H21N3O4/c1-2-24-17-12-23-11-16(17)21-18(22)20-13-5-7-14(8-6-13)25-15-4-3-9-19-10-15/h3-10,16-17H,2,11-12H2,1H3,(H2,20,21,22)/t16-,17-/m1/s1. The normalized spacial score (nSPS) is 19.4. The number of benzene rings is 1. The molecule has 2 amide bonds. The zero-order valence-electron chi connectivity index (χ0n) is 14.0. The zero-order chi connectivity index (χ0) is 17.5. The monoisotopic (exact) mass is 343 g/mol. The molecule has 1 aromatic carbocycles. The van der Waals surface area contributed by atoms with Gasteiger partial charge in [0.15, 0.2) is 0 Å². The smallest absolute Gasteiger partial charge is 0.319 e. The van der Waals surface area contributed by atoms with Crippen LogP contribution in [0.3, 0.4) is 0 Å². The highest BCUT2D eigenvalue weighted by Crippen LogP contribution is 2.22. The number of urea groups is 1. The van der Waals surface area contributed by atoms with Gasteiger partial charge in [0, 0.05) is 18.5 Å². The summed E-state index contributed by atoms with van der Waals surface area (Å²) < 4.78 is 16.6. The molecule has 0 bridgehead atoms. The van der Waals surface area contributed by atoms with Crippen LogP contribution in [0.4, 0.5) is 10.5 Å². The summed E-state index contributed by atoms with van der Waals surface area (Å²) in [5.41, 5.74) is 0.669. The lowest BCUT2D eigenvalue weighted by molar-refractivity contribution is 0.0428. The van der Waals surface area contributed by atoms with E-state index in [0.29, 0.717) is 37.0 Å². The van der Waals surface area contributed by atoms with Crippen LogP contribution < -0.4 is 15.4 Å². The SMILES string of the molecule is CCO[C@@H]1COC[C@H]1NC(=O)Nc1ccc(Oc2cccnc2)cc1. The maximum atomic E-state index is 12.1. The maximum absolute atomic E-state index is 12.1. The summed E-state index contributed by atoms with van der Waals surface area (Å²) >= 11 is 0. The second-order valence-corrected chi connectivity index (χ2v) is 5.55. The second-order valence-electron chi connectivity index (χ2n) is 5.55. The van der Waals surface area contributed by atoms with E-state index >= 15 is 0 Å². The average Bonchev–Trinajstić information content (AvgIpc) is 3.05. The van der Waals surface area contributed by atoms with Crippen molar-refractivity contribution in [3.05, 3.63) is 48.8 Å². The largest absolute Gasteiger partial charge is 0.456 e. The molecule has 1 fully saturated rings. The first kappa shape index (κ1) is 17.2. The number of hydrogen-bond acceptors (Lipinski definition) is 5. The number of carbonyl (C=O) groups excluding carboxylic acids is 1. The Morgan fingerprint density at radius 1 is 1.24 bits per heavy atom. The minimum atomic E-state index is -0.291. The van der Waals surface area contributed by atoms with E-state index in [9.17, 15) is 4.79 Å². The van der Waals surface area contributed by atoms with Crippen molar-refractivity contribution >= 4 is 11.7 Å². The highest BCUT2D eigenvalue weighted by molar-refractivity contribution is 5.89. The third-order valence-electron chi connectivity index (χ3n) is 3.71. The third kappa shape index (κ3) is 4.91. The topological polar surface area (TPSA) is 81.7 Å². The van der Waals surface area contributed by atoms with Crippen molar-refractivity contribution in [3.63, 3.8) is 0 Å². The molecule has 2 aromatic rings. The molecular weight excluding hydrogens is 322 g/mol. The lowest BCUT2D eigenvalue weighted by Gasteiger charge is -2.19. The Bertz CT molecular complexity index is 678. The van der Waals surface area contributed by atoms with Crippen LogP contribution in [-0.4, -0.2) is 43.0 Å². The van der Waals surface area contributed by atoms with Gasteiger partial charge in [-0.2, -0.15) is 0 Å². The number of nitrogens with one attached hydrogen (secondary N) is 2. The number of rotatable bonds is 6. The van der Waals surface area contributed by atoms with Gasteiger partial charge in [0.1, 0.15) is 17.6 Å². The maximum Gasteiger partial charge on any atom is 0.319 e. The third-order valence-corrected chi connectivity index (χ3v) is 3.71. The Balaban J connectivity index is 1.51. The number of pyridine rings is 1. The number of carbonyl (C=O) groups is 1. The second kappa shape index (κ2) is 8.46. The lowest BCUT2D eigenvalue weighted by Crippen LogP contribution is -2.45. The van der Waals surface area contributed by atoms with E-state index in [1.807, 2.05) is 13.0 Å². The molecule has 2 heterocycles. The average molecular weight is 343 g/mol. The number of aromatic nitrogens is 1. The van der Waals surface area contributed by atoms with Crippen molar-refractivity contribution in [3.8, 4) is 11.5 Å². The molecule has 0 saturated carbocycles. The molecule has 1 aromatic heterocycles. The summed E-state index contributed by atoms with van der Waals surface area (Å²) in [6.45, 7) is 3.46. The predicted molar refractivity (Wildman–Crippen MR) is 92.9 cm³/mol. The van der Waals surface area contributed by atoms with Crippen LogP contribution in [0.5, 0.6) is 11.5 Å². The summed E-state index contributed by atoms with van der Waals surface area (Å²) in [5.74, 6) is 1.32. The van der Waals surface area contributed by atoms with Crippen LogP contribution in [0.25, 0.3) is 0 Å². The van der Waals surface area contributed by atoms with E-state index in [1.165, 1.54) is 0 Å². The number of amides is 2. The van der Waals surface area contributed by atoms with Crippen LogP contribution in [0.1, 0.15) is 6.92 Å². The Hall–Kier alpha value is -2.64. The first-order valence-corrected chi connectivity index (χ1v) is 8.19. The van der Waals surface area contributed by atoms with Gasteiger partial charge in [0.2, 0.25) is 0 Å². The van der Waals surface area contributed by atoms with E-state index < -0.39 is 0 Å². The summed E-state index contributed by atoms with van der Waals surface area (Å²) in [5, 5.41) is 5.67. The molecule has 7 heteroatoms. The van der Waals surface area contributed by atoms with Crippen LogP contribution in [0.15, 0.2) is 48.8 Å². The fourth-order valence-electron chi connectivity index (χ4n) is 2.53. The van der Waals surface area contributed by atoms with Crippen LogP contribution >= 0.6 is 0 Å². The Morgan fingerprint density at radius 2 is 2.08 bits per heavy atom. The minimum absolute atomic E-state index is 0.106. The van der Waals surface area contributed by atoms with Crippen LogP contribution in [-0.2, 0) is 9.47 Å². The summed E-state index contributed by atoms with van der Waals surface area (Å²) in [4.78, 5) is 16.1. The molecule has 2 atom stereocenters. The quantitative estimate of drug-likeness (QED) is 0.843. The molecule has 25 heavy (non-hydrogen) atoms. The van der Waals surface area contributed by atoms with Gasteiger partial charge >= 0.3 is 6.03 Å². The predicted octanol–water partition coefficient (Wildman–Crippen LogP) is 2.80. The van der Waals surface area contributed by atoms with E-state index in [-0.39, 0.29) is 18.2 Å². The molecule has 1 aliphatic heterocycles. The first-order valence-electron chi connectivity index (χ1n) is 8.19. The van der Waals surface area contributed by atoms with Gasteiger partial charge in [-0.05, 0) is 43.3 Å². The molecule has 1 saturated heterocycles. The van der Waals surface area contributed by atoms with E-state index in [0.717, 1.165) is 0 Å². The molecular formula is C18H21N3O4. The fraction of sp³-hybridized carbons (Fsp3) is 0.333. The van der Waals surface area contributed by atoms with Gasteiger partial charge in [-0.15, -0.1) is 0 Å². The Morgan fingerprint density at radius 3 is 2.80 bits per heavy atom. The van der Waals surface area contributed by atoms with Crippen LogP contribution in [0, 0.1) is 0 Å². The number of nitrogens with zero attached hydrogens (tertiary/aromatic N) is 1. The Labute approximate surface area is 146 Å². The van der Waals surface area contributed by atoms with E-state index in [2.05, 4.69) is 15.6 Å². The molecule has 2 N–H and O–H groups in total. The molecule has 0 radical (unpaired) electrons. The molecule has 0 spiro atoms. The highest BCUT2D eigenvalue weighted by atomic mass is 16.5. The van der Waals surface area contributed by atoms with Gasteiger partial charge in [0.05, 0.1) is 25.5 Å². The summed E-state index contributed by atoms with van der Waals surface area (Å²) in [7, 11) is 0. The van der Waals surface area contributed by atoms with Crippen LogP contribution in [0.2, 0.25) is 0 Å². The van der Waals surface area contributed by atoms with E-state index in [4.69, 9.17) is 14.2 Å². The molecule has 7 nitrogen and oxygen atoms in total. The lowest BCUT2D eigenvalue weighted by atomic mass is 10.2. The highest BCUT2D eigenvalue weighted by Gasteiger charge is 2.29. The van der Waals surface area contributed by atoms with Gasteiger partial charge in [-0.3, -0.25) is 4.98 Å². The van der Waals surface area contributed by atoms with Crippen molar-refractivity contribution in [2.75, 3.05) is 25.1 Å². The van der Waals surface area contributed by atoms with Crippen molar-refractivity contribution in [2.24, 2.45) is 0 Å². The summed E-state index contributed by atoms with van der Waals surface area (Å²) in [6.07, 6.45) is 3.22. The van der Waals surface area contributed by atoms with Gasteiger partial charge in [-0.25, -0.2) is 4.79 Å². The van der Waals surface area contributed by atoms with Gasteiger partial charge in [0.25, 0.3) is 0 Å². The zero-order valence-corrected chi connectivity index (χ0v) is 14.0. The van der Waals surface area contributed by atoms with Crippen molar-refractivity contribution in [1.29, 1.82) is 0 Å². The molecule has 1 aliphatic rings. The number of hydrogen-bond donors (Lipinski definition) is 2. The Kier molecular flexibility index (Phi) is 5.81. The summed E-state index contributed by atoms with van der Waals surface area (Å²) in [6, 6.07) is 10.3. The van der Waals surface area contributed by atoms with E-state index in [1.54, 1.807) is 42.7 Å². The van der Waals surface area contributed by atoms with Gasteiger partial charge < -0.3 is 24.8 Å². The molecule has 132 valence electrons. The first-order chi connectivity index (χ1) is 12.2. The van der Waals surface area contributed by atoms with Gasteiger partial charge in [-0.1, -0.05) is 0 Å². The molecule has 3 rings (SSSR count). The van der Waals surface area contributed by atoms with Crippen molar-refractivity contribution in [1.82, 2.24) is 10.3 Å². The number of anilines is 1. The van der Waals surface area contributed by atoms with Crippen molar-refractivity contribution in [2.45, 2.75) is 19.1 Å². The minimum Gasteiger partial charge on any atom is -0.456 e.